The van der Waals surface area contributed by atoms with Gasteiger partial charge in [-0.25, -0.2) is 0 Å². The lowest BCUT2D eigenvalue weighted by Crippen LogP contribution is -2.18. The number of aromatic nitrogens is 2. The van der Waals surface area contributed by atoms with Gasteiger partial charge in [-0.2, -0.15) is 5.10 Å². The lowest BCUT2D eigenvalue weighted by Gasteiger charge is -2.08. The molecule has 3 nitrogen and oxygen atoms in total. The van der Waals surface area contributed by atoms with Crippen molar-refractivity contribution in [2.45, 2.75) is 66.5 Å². The molecule has 0 saturated carbocycles. The number of nitrogens with zero attached hydrogens (tertiary/aromatic N) is 2. The third-order valence-corrected chi connectivity index (χ3v) is 3.21. The molecule has 0 saturated heterocycles. The number of hydrogen-bond acceptors (Lipinski definition) is 2. The van der Waals surface area contributed by atoms with Crippen LogP contribution in [0.25, 0.3) is 0 Å². The second-order valence-electron chi connectivity index (χ2n) is 5.59. The van der Waals surface area contributed by atoms with Gasteiger partial charge in [0.2, 0.25) is 0 Å². The first-order valence-corrected chi connectivity index (χ1v) is 6.70. The fraction of sp³-hybridized carbons (Fsp3) is 0.786. The SMILES string of the molecule is Cc1nn(CCCC(C)C)c(C)c1CC(C)N. The molecular formula is C14H27N3. The Labute approximate surface area is 105 Å². The summed E-state index contributed by atoms with van der Waals surface area (Å²) in [6.45, 7) is 11.9. The van der Waals surface area contributed by atoms with E-state index in [4.69, 9.17) is 5.73 Å². The van der Waals surface area contributed by atoms with Crippen LogP contribution in [0.15, 0.2) is 0 Å². The van der Waals surface area contributed by atoms with Gasteiger partial charge in [-0.15, -0.1) is 0 Å². The van der Waals surface area contributed by atoms with Gasteiger partial charge in [0.1, 0.15) is 0 Å². The lowest BCUT2D eigenvalue weighted by atomic mass is 10.1. The van der Waals surface area contributed by atoms with Crippen molar-refractivity contribution in [3.63, 3.8) is 0 Å². The predicted molar refractivity (Wildman–Crippen MR) is 73.1 cm³/mol. The molecule has 3 heteroatoms. The summed E-state index contributed by atoms with van der Waals surface area (Å²) in [6, 6.07) is 0.209. The van der Waals surface area contributed by atoms with E-state index < -0.39 is 0 Å². The molecule has 1 atom stereocenters. The maximum Gasteiger partial charge on any atom is 0.0629 e. The average molecular weight is 237 g/mol. The van der Waals surface area contributed by atoms with E-state index in [0.29, 0.717) is 0 Å². The molecule has 17 heavy (non-hydrogen) atoms. The summed E-state index contributed by atoms with van der Waals surface area (Å²) in [4.78, 5) is 0. The fourth-order valence-corrected chi connectivity index (χ4v) is 2.22. The van der Waals surface area contributed by atoms with Crippen molar-refractivity contribution in [1.82, 2.24) is 9.78 Å². The van der Waals surface area contributed by atoms with Gasteiger partial charge in [0.25, 0.3) is 0 Å². The first-order valence-electron chi connectivity index (χ1n) is 6.70. The molecule has 0 fully saturated rings. The summed E-state index contributed by atoms with van der Waals surface area (Å²) in [5.74, 6) is 0.774. The number of hydrogen-bond donors (Lipinski definition) is 1. The second-order valence-corrected chi connectivity index (χ2v) is 5.59. The molecule has 1 unspecified atom stereocenters. The standard InChI is InChI=1S/C14H27N3/c1-10(2)7-6-8-17-13(5)14(9-11(3)15)12(4)16-17/h10-11H,6-9,15H2,1-5H3. The summed E-state index contributed by atoms with van der Waals surface area (Å²) in [5, 5.41) is 4.62. The molecule has 98 valence electrons. The molecule has 1 rings (SSSR count). The average Bonchev–Trinajstić information content (AvgIpc) is 2.45. The van der Waals surface area contributed by atoms with Crippen LogP contribution in [0.4, 0.5) is 0 Å². The Bertz CT molecular complexity index is 351. The molecule has 0 bridgehead atoms. The molecule has 0 aliphatic rings. The quantitative estimate of drug-likeness (QED) is 0.827. The zero-order chi connectivity index (χ0) is 13.0. The van der Waals surface area contributed by atoms with Crippen LogP contribution in [0.5, 0.6) is 0 Å². The van der Waals surface area contributed by atoms with Crippen LogP contribution >= 0.6 is 0 Å². The molecule has 0 radical (unpaired) electrons. The van der Waals surface area contributed by atoms with Gasteiger partial charge in [-0.3, -0.25) is 4.68 Å². The van der Waals surface area contributed by atoms with E-state index >= 15 is 0 Å². The van der Waals surface area contributed by atoms with E-state index in [2.05, 4.69) is 44.4 Å². The Morgan fingerprint density at radius 1 is 1.24 bits per heavy atom. The zero-order valence-electron chi connectivity index (χ0n) is 12.0. The van der Waals surface area contributed by atoms with Gasteiger partial charge in [-0.1, -0.05) is 13.8 Å². The number of aryl methyl sites for hydroxylation is 2. The highest BCUT2D eigenvalue weighted by atomic mass is 15.3. The van der Waals surface area contributed by atoms with Crippen molar-refractivity contribution in [2.24, 2.45) is 11.7 Å². The summed E-state index contributed by atoms with van der Waals surface area (Å²) in [5.41, 5.74) is 9.65. The first-order chi connectivity index (χ1) is 7.91. The Hall–Kier alpha value is -0.830. The number of rotatable bonds is 6. The van der Waals surface area contributed by atoms with E-state index in [0.717, 1.165) is 24.6 Å². The Morgan fingerprint density at radius 2 is 1.88 bits per heavy atom. The summed E-state index contributed by atoms with van der Waals surface area (Å²) in [6.07, 6.45) is 3.40. The van der Waals surface area contributed by atoms with E-state index in [9.17, 15) is 0 Å². The molecule has 1 aromatic heterocycles. The monoisotopic (exact) mass is 237 g/mol. The van der Waals surface area contributed by atoms with Crippen LogP contribution in [0.1, 0.15) is 50.6 Å². The third kappa shape index (κ3) is 4.15. The van der Waals surface area contributed by atoms with Crippen molar-refractivity contribution in [1.29, 1.82) is 0 Å². The molecule has 0 aliphatic heterocycles. The predicted octanol–water partition coefficient (Wildman–Crippen LogP) is 2.83. The van der Waals surface area contributed by atoms with Crippen LogP contribution in [0.2, 0.25) is 0 Å². The minimum Gasteiger partial charge on any atom is -0.328 e. The fourth-order valence-electron chi connectivity index (χ4n) is 2.22. The minimum atomic E-state index is 0.209. The van der Waals surface area contributed by atoms with Crippen LogP contribution in [-0.4, -0.2) is 15.8 Å². The topological polar surface area (TPSA) is 43.8 Å². The normalized spacial score (nSPS) is 13.4. The number of nitrogens with two attached hydrogens (primary N) is 1. The van der Waals surface area contributed by atoms with Crippen LogP contribution in [0.3, 0.4) is 0 Å². The van der Waals surface area contributed by atoms with Crippen molar-refractivity contribution >= 4 is 0 Å². The van der Waals surface area contributed by atoms with Gasteiger partial charge in [0, 0.05) is 18.3 Å². The highest BCUT2D eigenvalue weighted by Gasteiger charge is 2.12. The van der Waals surface area contributed by atoms with Gasteiger partial charge in [0.15, 0.2) is 0 Å². The largest absolute Gasteiger partial charge is 0.328 e. The van der Waals surface area contributed by atoms with Crippen LogP contribution in [-0.2, 0) is 13.0 Å². The maximum atomic E-state index is 5.87. The first kappa shape index (κ1) is 14.2. The molecular weight excluding hydrogens is 210 g/mol. The van der Waals surface area contributed by atoms with E-state index in [1.165, 1.54) is 24.1 Å². The van der Waals surface area contributed by atoms with E-state index in [-0.39, 0.29) is 6.04 Å². The van der Waals surface area contributed by atoms with Gasteiger partial charge in [-0.05, 0) is 51.5 Å². The van der Waals surface area contributed by atoms with Gasteiger partial charge >= 0.3 is 0 Å². The van der Waals surface area contributed by atoms with E-state index in [1.807, 2.05) is 0 Å². The second kappa shape index (κ2) is 6.20. The molecule has 0 aromatic carbocycles. The van der Waals surface area contributed by atoms with Crippen LogP contribution < -0.4 is 5.73 Å². The van der Waals surface area contributed by atoms with E-state index in [1.54, 1.807) is 0 Å². The summed E-state index contributed by atoms with van der Waals surface area (Å²) in [7, 11) is 0. The lowest BCUT2D eigenvalue weighted by molar-refractivity contribution is 0.483. The molecule has 2 N–H and O–H groups in total. The molecule has 0 amide bonds. The highest BCUT2D eigenvalue weighted by Crippen LogP contribution is 2.16. The zero-order valence-corrected chi connectivity index (χ0v) is 12.0. The van der Waals surface area contributed by atoms with Gasteiger partial charge < -0.3 is 5.73 Å². The summed E-state index contributed by atoms with van der Waals surface area (Å²) < 4.78 is 2.15. The minimum absolute atomic E-state index is 0.209. The van der Waals surface area contributed by atoms with Crippen molar-refractivity contribution in [2.75, 3.05) is 0 Å². The Balaban J connectivity index is 2.67. The van der Waals surface area contributed by atoms with Crippen LogP contribution in [0, 0.1) is 19.8 Å². The molecule has 0 spiro atoms. The van der Waals surface area contributed by atoms with Gasteiger partial charge in [0.05, 0.1) is 5.69 Å². The third-order valence-electron chi connectivity index (χ3n) is 3.21. The highest BCUT2D eigenvalue weighted by molar-refractivity contribution is 5.25. The molecule has 1 aromatic rings. The maximum absolute atomic E-state index is 5.87. The van der Waals surface area contributed by atoms with Crippen molar-refractivity contribution in [3.05, 3.63) is 17.0 Å². The molecule has 1 heterocycles. The van der Waals surface area contributed by atoms with Crippen molar-refractivity contribution < 1.29 is 0 Å². The smallest absolute Gasteiger partial charge is 0.0629 e. The Kier molecular flexibility index (Phi) is 5.19. The Morgan fingerprint density at radius 3 is 2.41 bits per heavy atom. The van der Waals surface area contributed by atoms with Crippen molar-refractivity contribution in [3.8, 4) is 0 Å². The molecule has 0 aliphatic carbocycles. The summed E-state index contributed by atoms with van der Waals surface area (Å²) >= 11 is 0.